The van der Waals surface area contributed by atoms with Gasteiger partial charge in [0.2, 0.25) is 5.95 Å². The number of aromatic amines is 1. The SMILES string of the molecule is COc1n[nH]c(NC(=O)/C=C/c2ccc(F)cc2)n1. The highest BCUT2D eigenvalue weighted by Gasteiger charge is 2.04. The molecule has 6 nitrogen and oxygen atoms in total. The van der Waals surface area contributed by atoms with Gasteiger partial charge in [0.25, 0.3) is 5.91 Å². The van der Waals surface area contributed by atoms with Crippen LogP contribution in [0.25, 0.3) is 6.08 Å². The van der Waals surface area contributed by atoms with E-state index in [1.165, 1.54) is 25.3 Å². The van der Waals surface area contributed by atoms with E-state index in [1.807, 2.05) is 0 Å². The van der Waals surface area contributed by atoms with Gasteiger partial charge in [0.1, 0.15) is 5.82 Å². The average molecular weight is 262 g/mol. The van der Waals surface area contributed by atoms with Gasteiger partial charge in [-0.05, 0) is 23.8 Å². The molecule has 1 aromatic carbocycles. The number of methoxy groups -OCH3 is 1. The number of nitrogens with zero attached hydrogens (tertiary/aromatic N) is 2. The van der Waals surface area contributed by atoms with E-state index in [9.17, 15) is 9.18 Å². The number of ether oxygens (including phenoxy) is 1. The quantitative estimate of drug-likeness (QED) is 0.820. The molecule has 2 rings (SSSR count). The van der Waals surface area contributed by atoms with E-state index >= 15 is 0 Å². The Morgan fingerprint density at radius 3 is 2.79 bits per heavy atom. The highest BCUT2D eigenvalue weighted by atomic mass is 19.1. The molecule has 0 fully saturated rings. The van der Waals surface area contributed by atoms with Crippen molar-refractivity contribution in [2.75, 3.05) is 12.4 Å². The maximum absolute atomic E-state index is 12.7. The number of rotatable bonds is 4. The van der Waals surface area contributed by atoms with Crippen LogP contribution in [0.1, 0.15) is 5.56 Å². The predicted molar refractivity (Wildman–Crippen MR) is 67.0 cm³/mol. The van der Waals surface area contributed by atoms with Gasteiger partial charge in [-0.1, -0.05) is 12.1 Å². The van der Waals surface area contributed by atoms with Crippen molar-refractivity contribution >= 4 is 17.9 Å². The second kappa shape index (κ2) is 5.76. The Balaban J connectivity index is 1.95. The Morgan fingerprint density at radius 2 is 2.16 bits per heavy atom. The van der Waals surface area contributed by atoms with E-state index in [-0.39, 0.29) is 23.7 Å². The van der Waals surface area contributed by atoms with Gasteiger partial charge < -0.3 is 4.74 Å². The minimum Gasteiger partial charge on any atom is -0.466 e. The number of H-pyrrole nitrogens is 1. The number of hydrogen-bond acceptors (Lipinski definition) is 4. The number of nitrogens with one attached hydrogen (secondary N) is 2. The highest BCUT2D eigenvalue weighted by molar-refractivity contribution is 6.00. The molecule has 0 aliphatic rings. The lowest BCUT2D eigenvalue weighted by Gasteiger charge is -1.95. The highest BCUT2D eigenvalue weighted by Crippen LogP contribution is 2.06. The van der Waals surface area contributed by atoms with E-state index in [0.29, 0.717) is 5.56 Å². The molecule has 0 atom stereocenters. The third-order valence-electron chi connectivity index (χ3n) is 2.19. The van der Waals surface area contributed by atoms with Gasteiger partial charge >= 0.3 is 6.01 Å². The number of carbonyl (C=O) groups excluding carboxylic acids is 1. The van der Waals surface area contributed by atoms with Gasteiger partial charge in [0.15, 0.2) is 0 Å². The van der Waals surface area contributed by atoms with Crippen LogP contribution in [-0.2, 0) is 4.79 Å². The molecule has 1 aromatic heterocycles. The number of carbonyl (C=O) groups is 1. The van der Waals surface area contributed by atoms with Gasteiger partial charge in [-0.2, -0.15) is 4.98 Å². The number of benzene rings is 1. The first-order valence-corrected chi connectivity index (χ1v) is 5.38. The number of halogens is 1. The third kappa shape index (κ3) is 3.63. The second-order valence-corrected chi connectivity index (χ2v) is 3.54. The molecule has 98 valence electrons. The molecule has 2 aromatic rings. The Kier molecular flexibility index (Phi) is 3.87. The summed E-state index contributed by atoms with van der Waals surface area (Å²) in [5.74, 6) is -0.524. The molecule has 1 amide bonds. The van der Waals surface area contributed by atoms with Crippen LogP contribution in [0.5, 0.6) is 6.01 Å². The fraction of sp³-hybridized carbons (Fsp3) is 0.0833. The van der Waals surface area contributed by atoms with Crippen LogP contribution >= 0.6 is 0 Å². The zero-order valence-corrected chi connectivity index (χ0v) is 10.1. The molecule has 0 unspecified atom stereocenters. The second-order valence-electron chi connectivity index (χ2n) is 3.54. The molecule has 0 saturated carbocycles. The van der Waals surface area contributed by atoms with Crippen LogP contribution < -0.4 is 10.1 Å². The number of aromatic nitrogens is 3. The molecule has 1 heterocycles. The van der Waals surface area contributed by atoms with Crippen molar-refractivity contribution in [3.05, 3.63) is 41.7 Å². The van der Waals surface area contributed by atoms with Crippen molar-refractivity contribution in [1.29, 1.82) is 0 Å². The number of anilines is 1. The van der Waals surface area contributed by atoms with Gasteiger partial charge in [-0.25, -0.2) is 9.49 Å². The molecule has 7 heteroatoms. The largest absolute Gasteiger partial charge is 0.466 e. The minimum atomic E-state index is -0.386. The fourth-order valence-electron chi connectivity index (χ4n) is 1.30. The standard InChI is InChI=1S/C12H11FN4O2/c1-19-12-15-11(16-17-12)14-10(18)7-4-8-2-5-9(13)6-3-8/h2-7H,1H3,(H2,14,15,16,17,18)/b7-4+. The van der Waals surface area contributed by atoms with Crippen molar-refractivity contribution in [3.8, 4) is 6.01 Å². The summed E-state index contributed by atoms with van der Waals surface area (Å²) in [5, 5.41) is 8.64. The summed E-state index contributed by atoms with van der Waals surface area (Å²) >= 11 is 0. The topological polar surface area (TPSA) is 79.9 Å². The number of hydrogen-bond donors (Lipinski definition) is 2. The van der Waals surface area contributed by atoms with Crippen molar-refractivity contribution in [2.24, 2.45) is 0 Å². The van der Waals surface area contributed by atoms with E-state index < -0.39 is 0 Å². The first-order chi connectivity index (χ1) is 9.17. The minimum absolute atomic E-state index is 0.137. The van der Waals surface area contributed by atoms with Gasteiger partial charge in [0.05, 0.1) is 7.11 Å². The van der Waals surface area contributed by atoms with Crippen LogP contribution in [0.4, 0.5) is 10.3 Å². The van der Waals surface area contributed by atoms with Gasteiger partial charge in [-0.15, -0.1) is 5.10 Å². The third-order valence-corrected chi connectivity index (χ3v) is 2.19. The lowest BCUT2D eigenvalue weighted by Crippen LogP contribution is -2.09. The zero-order valence-electron chi connectivity index (χ0n) is 10.1. The predicted octanol–water partition coefficient (Wildman–Crippen LogP) is 1.60. The first kappa shape index (κ1) is 12.7. The summed E-state index contributed by atoms with van der Waals surface area (Å²) < 4.78 is 17.4. The Bertz CT molecular complexity index is 592. The Labute approximate surface area is 108 Å². The lowest BCUT2D eigenvalue weighted by atomic mass is 10.2. The van der Waals surface area contributed by atoms with Gasteiger partial charge in [-0.3, -0.25) is 10.1 Å². The van der Waals surface area contributed by atoms with Crippen LogP contribution in [0.3, 0.4) is 0 Å². The van der Waals surface area contributed by atoms with Crippen molar-refractivity contribution in [2.45, 2.75) is 0 Å². The first-order valence-electron chi connectivity index (χ1n) is 5.38. The molecule has 0 aliphatic carbocycles. The smallest absolute Gasteiger partial charge is 0.336 e. The zero-order chi connectivity index (χ0) is 13.7. The normalized spacial score (nSPS) is 10.6. The Morgan fingerprint density at radius 1 is 1.42 bits per heavy atom. The molecular formula is C12H11FN4O2. The maximum Gasteiger partial charge on any atom is 0.336 e. The molecule has 0 radical (unpaired) electrons. The van der Waals surface area contributed by atoms with Crippen LogP contribution in [0, 0.1) is 5.82 Å². The maximum atomic E-state index is 12.7. The van der Waals surface area contributed by atoms with E-state index in [1.54, 1.807) is 18.2 Å². The molecular weight excluding hydrogens is 251 g/mol. The molecule has 0 bridgehead atoms. The Hall–Kier alpha value is -2.70. The lowest BCUT2D eigenvalue weighted by molar-refractivity contribution is -0.111. The summed E-state index contributed by atoms with van der Waals surface area (Å²) in [5.41, 5.74) is 0.715. The van der Waals surface area contributed by atoms with Crippen molar-refractivity contribution in [3.63, 3.8) is 0 Å². The monoisotopic (exact) mass is 262 g/mol. The molecule has 2 N–H and O–H groups in total. The van der Waals surface area contributed by atoms with E-state index in [4.69, 9.17) is 4.74 Å². The molecule has 0 spiro atoms. The molecule has 0 saturated heterocycles. The van der Waals surface area contributed by atoms with Crippen molar-refractivity contribution < 1.29 is 13.9 Å². The van der Waals surface area contributed by atoms with Crippen LogP contribution in [0.15, 0.2) is 30.3 Å². The van der Waals surface area contributed by atoms with Gasteiger partial charge in [0, 0.05) is 6.08 Å². The fourth-order valence-corrected chi connectivity index (χ4v) is 1.30. The molecule has 19 heavy (non-hydrogen) atoms. The number of amides is 1. The van der Waals surface area contributed by atoms with Crippen LogP contribution in [-0.4, -0.2) is 28.2 Å². The van der Waals surface area contributed by atoms with Crippen LogP contribution in [0.2, 0.25) is 0 Å². The van der Waals surface area contributed by atoms with E-state index in [0.717, 1.165) is 0 Å². The summed E-state index contributed by atoms with van der Waals surface area (Å²) in [7, 11) is 1.42. The van der Waals surface area contributed by atoms with E-state index in [2.05, 4.69) is 20.5 Å². The average Bonchev–Trinajstić information content (AvgIpc) is 2.86. The summed E-state index contributed by atoms with van der Waals surface area (Å²) in [6.07, 6.45) is 2.87. The summed E-state index contributed by atoms with van der Waals surface area (Å²) in [6, 6.07) is 5.91. The summed E-state index contributed by atoms with van der Waals surface area (Å²) in [4.78, 5) is 15.4. The summed E-state index contributed by atoms with van der Waals surface area (Å²) in [6.45, 7) is 0. The molecule has 0 aliphatic heterocycles. The van der Waals surface area contributed by atoms with Crippen molar-refractivity contribution in [1.82, 2.24) is 15.2 Å².